The minimum absolute atomic E-state index is 0. The molecule has 124 valence electrons. The molecule has 0 heterocycles. The van der Waals surface area contributed by atoms with Gasteiger partial charge in [-0.2, -0.15) is 0 Å². The standard InChI is InChI=1S/C17H26N2O2.ClH/c1-12-5-3-7-15(9-12)21-11-13(2)19-17(20)16-8-4-6-14(16)10-18;/h3,5,7,9,13-14,16H,4,6,8,10-11,18H2,1-2H3,(H,19,20);1H/t13?,14-,16-;/m1./s1. The highest BCUT2D eigenvalue weighted by atomic mass is 35.5. The average molecular weight is 327 g/mol. The molecule has 0 aliphatic heterocycles. The zero-order valence-electron chi connectivity index (χ0n) is 13.4. The molecule has 0 spiro atoms. The van der Waals surface area contributed by atoms with Gasteiger partial charge in [0, 0.05) is 5.92 Å². The van der Waals surface area contributed by atoms with E-state index in [1.54, 1.807) is 0 Å². The fourth-order valence-corrected chi connectivity index (χ4v) is 2.98. The Balaban J connectivity index is 0.00000242. The van der Waals surface area contributed by atoms with E-state index in [0.717, 1.165) is 25.0 Å². The highest BCUT2D eigenvalue weighted by molar-refractivity contribution is 5.85. The van der Waals surface area contributed by atoms with Crippen LogP contribution in [-0.2, 0) is 4.79 Å². The second kappa shape index (κ2) is 9.01. The summed E-state index contributed by atoms with van der Waals surface area (Å²) in [6, 6.07) is 7.93. The van der Waals surface area contributed by atoms with E-state index < -0.39 is 0 Å². The molecular formula is C17H27ClN2O2. The van der Waals surface area contributed by atoms with Crippen LogP contribution in [0.3, 0.4) is 0 Å². The molecule has 3 atom stereocenters. The minimum Gasteiger partial charge on any atom is -0.491 e. The summed E-state index contributed by atoms with van der Waals surface area (Å²) in [5.41, 5.74) is 6.90. The van der Waals surface area contributed by atoms with E-state index in [2.05, 4.69) is 5.32 Å². The molecule has 1 fully saturated rings. The zero-order chi connectivity index (χ0) is 15.2. The van der Waals surface area contributed by atoms with Gasteiger partial charge in [0.05, 0.1) is 6.04 Å². The smallest absolute Gasteiger partial charge is 0.223 e. The van der Waals surface area contributed by atoms with Crippen molar-refractivity contribution in [3.05, 3.63) is 29.8 Å². The van der Waals surface area contributed by atoms with Crippen LogP contribution in [-0.4, -0.2) is 25.1 Å². The maximum atomic E-state index is 12.3. The summed E-state index contributed by atoms with van der Waals surface area (Å²) >= 11 is 0. The molecule has 22 heavy (non-hydrogen) atoms. The van der Waals surface area contributed by atoms with Crippen LogP contribution in [0.25, 0.3) is 0 Å². The van der Waals surface area contributed by atoms with Crippen molar-refractivity contribution in [2.45, 2.75) is 39.2 Å². The fraction of sp³-hybridized carbons (Fsp3) is 0.588. The third kappa shape index (κ3) is 5.18. The lowest BCUT2D eigenvalue weighted by molar-refractivity contribution is -0.126. The molecule has 2 rings (SSSR count). The van der Waals surface area contributed by atoms with E-state index in [0.29, 0.717) is 19.1 Å². The molecule has 1 aromatic rings. The van der Waals surface area contributed by atoms with Gasteiger partial charge in [-0.3, -0.25) is 4.79 Å². The lowest BCUT2D eigenvalue weighted by Gasteiger charge is -2.21. The number of aryl methyl sites for hydroxylation is 1. The van der Waals surface area contributed by atoms with E-state index >= 15 is 0 Å². The summed E-state index contributed by atoms with van der Waals surface area (Å²) in [6.07, 6.45) is 3.13. The third-order valence-corrected chi connectivity index (χ3v) is 4.18. The molecule has 4 nitrogen and oxygen atoms in total. The summed E-state index contributed by atoms with van der Waals surface area (Å²) in [7, 11) is 0. The predicted molar refractivity (Wildman–Crippen MR) is 91.4 cm³/mol. The van der Waals surface area contributed by atoms with Gasteiger partial charge < -0.3 is 15.8 Å². The topological polar surface area (TPSA) is 64.3 Å². The normalized spacial score (nSPS) is 21.8. The van der Waals surface area contributed by atoms with Gasteiger partial charge >= 0.3 is 0 Å². The van der Waals surface area contributed by atoms with Gasteiger partial charge in [0.2, 0.25) is 5.91 Å². The van der Waals surface area contributed by atoms with Crippen molar-refractivity contribution in [3.8, 4) is 5.75 Å². The van der Waals surface area contributed by atoms with Crippen LogP contribution in [0.1, 0.15) is 31.7 Å². The van der Waals surface area contributed by atoms with Gasteiger partial charge in [0.15, 0.2) is 0 Å². The number of nitrogens with one attached hydrogen (secondary N) is 1. The Bertz CT molecular complexity index is 481. The molecular weight excluding hydrogens is 300 g/mol. The Morgan fingerprint density at radius 3 is 2.91 bits per heavy atom. The Kier molecular flexibility index (Phi) is 7.69. The number of ether oxygens (including phenoxy) is 1. The van der Waals surface area contributed by atoms with Gasteiger partial charge in [0.1, 0.15) is 12.4 Å². The second-order valence-corrected chi connectivity index (χ2v) is 6.07. The third-order valence-electron chi connectivity index (χ3n) is 4.18. The van der Waals surface area contributed by atoms with Crippen molar-refractivity contribution in [2.24, 2.45) is 17.6 Å². The van der Waals surface area contributed by atoms with E-state index in [9.17, 15) is 4.79 Å². The van der Waals surface area contributed by atoms with E-state index in [1.165, 1.54) is 5.56 Å². The Morgan fingerprint density at radius 2 is 2.23 bits per heavy atom. The molecule has 1 aliphatic rings. The molecule has 0 bridgehead atoms. The minimum atomic E-state index is -0.00274. The van der Waals surface area contributed by atoms with Gasteiger partial charge in [-0.15, -0.1) is 12.4 Å². The Morgan fingerprint density at radius 1 is 1.45 bits per heavy atom. The number of benzene rings is 1. The van der Waals surface area contributed by atoms with Crippen molar-refractivity contribution in [2.75, 3.05) is 13.2 Å². The monoisotopic (exact) mass is 326 g/mol. The highest BCUT2D eigenvalue weighted by Crippen LogP contribution is 2.31. The van der Waals surface area contributed by atoms with Crippen LogP contribution < -0.4 is 15.8 Å². The first-order valence-electron chi connectivity index (χ1n) is 7.80. The molecule has 3 N–H and O–H groups in total. The summed E-state index contributed by atoms with van der Waals surface area (Å²) in [5.74, 6) is 1.39. The number of amides is 1. The predicted octanol–water partition coefficient (Wildman–Crippen LogP) is 2.68. The number of carbonyl (C=O) groups is 1. The van der Waals surface area contributed by atoms with E-state index in [-0.39, 0.29) is 30.3 Å². The second-order valence-electron chi connectivity index (χ2n) is 6.07. The molecule has 0 saturated heterocycles. The zero-order valence-corrected chi connectivity index (χ0v) is 14.2. The van der Waals surface area contributed by atoms with Crippen LogP contribution in [0.5, 0.6) is 5.75 Å². The summed E-state index contributed by atoms with van der Waals surface area (Å²) in [6.45, 7) is 5.09. The maximum Gasteiger partial charge on any atom is 0.223 e. The summed E-state index contributed by atoms with van der Waals surface area (Å²) in [5, 5.41) is 3.05. The number of hydrogen-bond donors (Lipinski definition) is 2. The lowest BCUT2D eigenvalue weighted by Crippen LogP contribution is -2.42. The lowest BCUT2D eigenvalue weighted by atomic mass is 9.95. The molecule has 5 heteroatoms. The molecule has 0 aromatic heterocycles. The summed E-state index contributed by atoms with van der Waals surface area (Å²) in [4.78, 5) is 12.3. The van der Waals surface area contributed by atoms with Gasteiger partial charge in [-0.1, -0.05) is 18.6 Å². The first-order valence-corrected chi connectivity index (χ1v) is 7.80. The van der Waals surface area contributed by atoms with E-state index in [4.69, 9.17) is 10.5 Å². The number of nitrogens with two attached hydrogens (primary N) is 1. The van der Waals surface area contributed by atoms with Crippen LogP contribution in [0.4, 0.5) is 0 Å². The summed E-state index contributed by atoms with van der Waals surface area (Å²) < 4.78 is 5.73. The quantitative estimate of drug-likeness (QED) is 0.844. The van der Waals surface area contributed by atoms with Gasteiger partial charge in [-0.25, -0.2) is 0 Å². The molecule has 0 radical (unpaired) electrons. The number of carbonyl (C=O) groups excluding carboxylic acids is 1. The van der Waals surface area contributed by atoms with Crippen molar-refractivity contribution < 1.29 is 9.53 Å². The Hall–Kier alpha value is -1.26. The van der Waals surface area contributed by atoms with E-state index in [1.807, 2.05) is 38.1 Å². The van der Waals surface area contributed by atoms with Crippen LogP contribution in [0.15, 0.2) is 24.3 Å². The number of halogens is 1. The van der Waals surface area contributed by atoms with Gasteiger partial charge in [-0.05, 0) is 56.8 Å². The average Bonchev–Trinajstić information content (AvgIpc) is 2.94. The Labute approximate surface area is 139 Å². The fourth-order valence-electron chi connectivity index (χ4n) is 2.98. The molecule has 1 saturated carbocycles. The molecule has 1 aliphatic carbocycles. The van der Waals surface area contributed by atoms with Crippen molar-refractivity contribution >= 4 is 18.3 Å². The van der Waals surface area contributed by atoms with Gasteiger partial charge in [0.25, 0.3) is 0 Å². The van der Waals surface area contributed by atoms with Crippen LogP contribution >= 0.6 is 12.4 Å². The first kappa shape index (κ1) is 18.8. The van der Waals surface area contributed by atoms with Crippen molar-refractivity contribution in [1.82, 2.24) is 5.32 Å². The highest BCUT2D eigenvalue weighted by Gasteiger charge is 2.32. The number of rotatable bonds is 6. The molecule has 1 unspecified atom stereocenters. The van der Waals surface area contributed by atoms with Crippen LogP contribution in [0.2, 0.25) is 0 Å². The van der Waals surface area contributed by atoms with Crippen molar-refractivity contribution in [1.29, 1.82) is 0 Å². The van der Waals surface area contributed by atoms with Crippen LogP contribution in [0, 0.1) is 18.8 Å². The van der Waals surface area contributed by atoms with Crippen molar-refractivity contribution in [3.63, 3.8) is 0 Å². The first-order chi connectivity index (χ1) is 10.1. The largest absolute Gasteiger partial charge is 0.491 e. The molecule has 1 amide bonds. The molecule has 1 aromatic carbocycles. The SMILES string of the molecule is Cc1cccc(OCC(C)NC(=O)[C@@H]2CCC[C@@H]2CN)c1.Cl. The maximum absolute atomic E-state index is 12.3. The number of hydrogen-bond acceptors (Lipinski definition) is 3.